The number of allylic oxidation sites excluding steroid dienone is 2. The number of halogens is 1. The van der Waals surface area contributed by atoms with Crippen molar-refractivity contribution in [2.45, 2.75) is 89.3 Å². The number of alkyl halides is 1. The maximum absolute atomic E-state index is 12.0. The summed E-state index contributed by atoms with van der Waals surface area (Å²) in [7, 11) is 0. The average Bonchev–Trinajstić information content (AvgIpc) is 2.94. The fourth-order valence-corrected chi connectivity index (χ4v) is 4.34. The van der Waals surface area contributed by atoms with Gasteiger partial charge in [-0.25, -0.2) is 0 Å². The Morgan fingerprint density at radius 1 is 0.926 bits per heavy atom. The Hall–Kier alpha value is -1.09. The molecule has 0 radical (unpaired) electrons. The van der Waals surface area contributed by atoms with Crippen LogP contribution in [0.2, 0.25) is 0 Å². The summed E-state index contributed by atoms with van der Waals surface area (Å²) < 4.78 is 5.87. The minimum absolute atomic E-state index is 0.0558. The first-order chi connectivity index (χ1) is 13.1. The van der Waals surface area contributed by atoms with Crippen LogP contribution in [0.4, 0.5) is 0 Å². The molecule has 1 aliphatic rings. The summed E-state index contributed by atoms with van der Waals surface area (Å²) in [5.74, 6) is 1.14. The predicted octanol–water partition coefficient (Wildman–Crippen LogP) is 7.50. The van der Waals surface area contributed by atoms with Crippen molar-refractivity contribution in [1.82, 2.24) is 0 Å². The number of ether oxygens (including phenoxy) is 1. The number of ketones is 1. The second-order valence-electron chi connectivity index (χ2n) is 7.69. The first-order valence-corrected chi connectivity index (χ1v) is 11.7. The number of benzene rings is 1. The molecule has 0 bridgehead atoms. The van der Waals surface area contributed by atoms with Gasteiger partial charge in [0, 0.05) is 0 Å². The first-order valence-electron chi connectivity index (χ1n) is 10.7. The van der Waals surface area contributed by atoms with Crippen LogP contribution in [0.15, 0.2) is 29.8 Å². The van der Waals surface area contributed by atoms with E-state index in [4.69, 9.17) is 4.74 Å². The predicted molar refractivity (Wildman–Crippen MR) is 119 cm³/mol. The van der Waals surface area contributed by atoms with Gasteiger partial charge in [-0.15, -0.1) is 0 Å². The zero-order chi connectivity index (χ0) is 19.5. The Bertz CT molecular complexity index is 603. The molecule has 0 aliphatic heterocycles. The molecule has 0 saturated heterocycles. The van der Waals surface area contributed by atoms with Gasteiger partial charge in [0.2, 0.25) is 0 Å². The fraction of sp³-hybridized carbons (Fsp3) is 0.625. The second-order valence-corrected chi connectivity index (χ2v) is 8.80. The largest absolute Gasteiger partial charge is 0.494 e. The molecule has 1 atom stereocenters. The van der Waals surface area contributed by atoms with Gasteiger partial charge in [0.05, 0.1) is 11.4 Å². The van der Waals surface area contributed by atoms with Crippen molar-refractivity contribution in [3.63, 3.8) is 0 Å². The summed E-state index contributed by atoms with van der Waals surface area (Å²) in [5, 5.41) is 0. The minimum Gasteiger partial charge on any atom is -0.494 e. The first kappa shape index (κ1) is 22.2. The second kappa shape index (κ2) is 12.4. The van der Waals surface area contributed by atoms with Crippen molar-refractivity contribution in [3.05, 3.63) is 35.4 Å². The summed E-state index contributed by atoms with van der Waals surface area (Å²) in [5.41, 5.74) is 3.17. The van der Waals surface area contributed by atoms with E-state index in [2.05, 4.69) is 35.0 Å². The lowest BCUT2D eigenvalue weighted by Crippen LogP contribution is -2.06. The lowest BCUT2D eigenvalue weighted by molar-refractivity contribution is -0.114. The zero-order valence-corrected chi connectivity index (χ0v) is 18.7. The van der Waals surface area contributed by atoms with Gasteiger partial charge < -0.3 is 4.74 Å². The third-order valence-corrected chi connectivity index (χ3v) is 6.20. The Balaban J connectivity index is 1.58. The van der Waals surface area contributed by atoms with E-state index in [-0.39, 0.29) is 10.6 Å². The maximum Gasteiger partial charge on any atom is 0.172 e. The lowest BCUT2D eigenvalue weighted by Gasteiger charge is -2.08. The molecule has 0 N–H and O–H groups in total. The van der Waals surface area contributed by atoms with Crippen LogP contribution < -0.4 is 4.74 Å². The van der Waals surface area contributed by atoms with Gasteiger partial charge >= 0.3 is 0 Å². The molecule has 1 unspecified atom stereocenters. The van der Waals surface area contributed by atoms with Crippen molar-refractivity contribution >= 4 is 27.3 Å². The number of hydrogen-bond acceptors (Lipinski definition) is 2. The van der Waals surface area contributed by atoms with Crippen LogP contribution >= 0.6 is 15.9 Å². The monoisotopic (exact) mass is 434 g/mol. The highest BCUT2D eigenvalue weighted by Gasteiger charge is 2.28. The van der Waals surface area contributed by atoms with E-state index < -0.39 is 0 Å². The number of rotatable bonds is 13. The topological polar surface area (TPSA) is 26.3 Å². The molecular formula is C24H35BrO2. The third-order valence-electron chi connectivity index (χ3n) is 5.46. The molecule has 2 rings (SSSR count). The molecule has 1 aliphatic carbocycles. The molecule has 0 amide bonds. The Morgan fingerprint density at radius 2 is 1.48 bits per heavy atom. The lowest BCUT2D eigenvalue weighted by atomic mass is 10.0. The van der Waals surface area contributed by atoms with Gasteiger partial charge in [0.15, 0.2) is 5.78 Å². The van der Waals surface area contributed by atoms with Gasteiger partial charge in [0.25, 0.3) is 0 Å². The van der Waals surface area contributed by atoms with E-state index in [9.17, 15) is 4.79 Å². The maximum atomic E-state index is 12.0. The zero-order valence-electron chi connectivity index (χ0n) is 17.1. The standard InChI is InChI=1S/C24H35BrO2/c1-3-4-5-6-7-8-9-10-11-12-17-27-21-15-13-20(14-16-21)22-18-23(25)24(26)19(22)2/h13-16,23H,3-12,17-18H2,1-2H3. The van der Waals surface area contributed by atoms with E-state index in [1.807, 2.05) is 19.1 Å². The van der Waals surface area contributed by atoms with Crippen LogP contribution in [0.3, 0.4) is 0 Å². The number of Topliss-reactive ketones (excluding diaryl/α,β-unsaturated/α-hetero) is 1. The highest BCUT2D eigenvalue weighted by Crippen LogP contribution is 2.35. The number of carbonyl (C=O) groups is 1. The molecule has 1 aromatic carbocycles. The summed E-state index contributed by atoms with van der Waals surface area (Å²) in [6.45, 7) is 4.99. The van der Waals surface area contributed by atoms with Gasteiger partial charge in [-0.05, 0) is 48.6 Å². The Morgan fingerprint density at radius 3 is 2.00 bits per heavy atom. The number of hydrogen-bond donors (Lipinski definition) is 0. The van der Waals surface area contributed by atoms with Crippen LogP contribution in [0.25, 0.3) is 5.57 Å². The Labute approximate surface area is 173 Å². The van der Waals surface area contributed by atoms with Crippen LogP contribution in [-0.2, 0) is 4.79 Å². The molecule has 27 heavy (non-hydrogen) atoms. The van der Waals surface area contributed by atoms with Gasteiger partial charge in [-0.2, -0.15) is 0 Å². The van der Waals surface area contributed by atoms with E-state index in [0.717, 1.165) is 41.9 Å². The molecule has 0 spiro atoms. The van der Waals surface area contributed by atoms with Crippen molar-refractivity contribution in [2.75, 3.05) is 6.61 Å². The number of carbonyl (C=O) groups excluding carboxylic acids is 1. The van der Waals surface area contributed by atoms with Crippen molar-refractivity contribution in [3.8, 4) is 5.75 Å². The Kier molecular flexibility index (Phi) is 10.2. The third kappa shape index (κ3) is 7.44. The molecule has 150 valence electrons. The van der Waals surface area contributed by atoms with Crippen molar-refractivity contribution < 1.29 is 9.53 Å². The van der Waals surface area contributed by atoms with E-state index in [1.165, 1.54) is 57.8 Å². The van der Waals surface area contributed by atoms with Crippen LogP contribution in [0.5, 0.6) is 5.75 Å². The normalized spacial score (nSPS) is 17.0. The quantitative estimate of drug-likeness (QED) is 0.237. The van der Waals surface area contributed by atoms with Gasteiger partial charge in [-0.1, -0.05) is 92.8 Å². The van der Waals surface area contributed by atoms with Crippen LogP contribution in [-0.4, -0.2) is 17.2 Å². The molecule has 2 nitrogen and oxygen atoms in total. The fourth-order valence-electron chi connectivity index (χ4n) is 3.67. The molecule has 0 fully saturated rings. The molecule has 0 aromatic heterocycles. The summed E-state index contributed by atoms with van der Waals surface area (Å²) >= 11 is 3.46. The summed E-state index contributed by atoms with van der Waals surface area (Å²) in [6.07, 6.45) is 14.2. The smallest absolute Gasteiger partial charge is 0.172 e. The van der Waals surface area contributed by atoms with E-state index >= 15 is 0 Å². The molecule has 3 heteroatoms. The SMILES string of the molecule is CCCCCCCCCCCCOc1ccc(C2=C(C)C(=O)C(Br)C2)cc1. The number of unbranched alkanes of at least 4 members (excludes halogenated alkanes) is 9. The van der Waals surface area contributed by atoms with Gasteiger partial charge in [0.1, 0.15) is 5.75 Å². The molecular weight excluding hydrogens is 400 g/mol. The molecule has 0 saturated carbocycles. The molecule has 1 aromatic rings. The van der Waals surface area contributed by atoms with Gasteiger partial charge in [-0.3, -0.25) is 4.79 Å². The van der Waals surface area contributed by atoms with E-state index in [1.54, 1.807) is 0 Å². The van der Waals surface area contributed by atoms with Crippen molar-refractivity contribution in [1.29, 1.82) is 0 Å². The highest BCUT2D eigenvalue weighted by atomic mass is 79.9. The average molecular weight is 435 g/mol. The molecule has 0 heterocycles. The highest BCUT2D eigenvalue weighted by molar-refractivity contribution is 9.10. The van der Waals surface area contributed by atoms with Crippen molar-refractivity contribution in [2.24, 2.45) is 0 Å². The van der Waals surface area contributed by atoms with Crippen LogP contribution in [0.1, 0.15) is 90.0 Å². The summed E-state index contributed by atoms with van der Waals surface area (Å²) in [6, 6.07) is 8.20. The summed E-state index contributed by atoms with van der Waals surface area (Å²) in [4.78, 5) is 11.9. The van der Waals surface area contributed by atoms with E-state index in [0.29, 0.717) is 0 Å². The van der Waals surface area contributed by atoms with Crippen LogP contribution in [0, 0.1) is 0 Å². The minimum atomic E-state index is -0.0558.